The summed E-state index contributed by atoms with van der Waals surface area (Å²) in [6, 6.07) is 0.345. The van der Waals surface area contributed by atoms with Gasteiger partial charge in [0.1, 0.15) is 5.78 Å². The standard InChI is InChI=1S/C14H29NO/c1-4-6-7-8-9-10-11-14(16)12-13(3)15-5-2/h13,15H,4-12H2,1-3H3. The molecule has 0 aliphatic heterocycles. The van der Waals surface area contributed by atoms with Gasteiger partial charge in [-0.05, 0) is 19.9 Å². The van der Waals surface area contributed by atoms with E-state index in [0.717, 1.165) is 19.4 Å². The lowest BCUT2D eigenvalue weighted by Gasteiger charge is -2.10. The molecule has 2 nitrogen and oxygen atoms in total. The van der Waals surface area contributed by atoms with Gasteiger partial charge in [-0.1, -0.05) is 46.0 Å². The molecule has 0 aliphatic carbocycles. The first-order chi connectivity index (χ1) is 7.70. The number of Topliss-reactive ketones (excluding diaryl/α,β-unsaturated/α-hetero) is 1. The molecule has 0 amide bonds. The van der Waals surface area contributed by atoms with Crippen LogP contribution in [0.5, 0.6) is 0 Å². The van der Waals surface area contributed by atoms with Crippen molar-refractivity contribution in [3.63, 3.8) is 0 Å². The van der Waals surface area contributed by atoms with Gasteiger partial charge < -0.3 is 5.32 Å². The molecule has 0 radical (unpaired) electrons. The molecule has 0 fully saturated rings. The molecule has 0 saturated heterocycles. The lowest BCUT2D eigenvalue weighted by atomic mass is 10.0. The Kier molecular flexibility index (Phi) is 10.9. The number of hydrogen-bond acceptors (Lipinski definition) is 2. The van der Waals surface area contributed by atoms with Gasteiger partial charge in [0.25, 0.3) is 0 Å². The van der Waals surface area contributed by atoms with Crippen LogP contribution in [0.3, 0.4) is 0 Å². The van der Waals surface area contributed by atoms with Crippen molar-refractivity contribution in [1.82, 2.24) is 5.32 Å². The van der Waals surface area contributed by atoms with Gasteiger partial charge in [-0.25, -0.2) is 0 Å². The predicted molar refractivity (Wildman–Crippen MR) is 70.8 cm³/mol. The lowest BCUT2D eigenvalue weighted by Crippen LogP contribution is -2.28. The molecule has 0 heterocycles. The Hall–Kier alpha value is -0.370. The first-order valence-electron chi connectivity index (χ1n) is 6.95. The third kappa shape index (κ3) is 10.2. The Morgan fingerprint density at radius 2 is 1.69 bits per heavy atom. The third-order valence-electron chi connectivity index (χ3n) is 2.90. The number of rotatable bonds is 11. The van der Waals surface area contributed by atoms with E-state index < -0.39 is 0 Å². The van der Waals surface area contributed by atoms with Crippen LogP contribution in [0.15, 0.2) is 0 Å². The van der Waals surface area contributed by atoms with Crippen LogP contribution in [-0.2, 0) is 4.79 Å². The summed E-state index contributed by atoms with van der Waals surface area (Å²) in [5.74, 6) is 0.420. The fourth-order valence-corrected chi connectivity index (χ4v) is 1.97. The quantitative estimate of drug-likeness (QED) is 0.545. The summed E-state index contributed by atoms with van der Waals surface area (Å²) >= 11 is 0. The Balaban J connectivity index is 3.30. The van der Waals surface area contributed by atoms with E-state index >= 15 is 0 Å². The first kappa shape index (κ1) is 15.6. The highest BCUT2D eigenvalue weighted by atomic mass is 16.1. The second-order valence-corrected chi connectivity index (χ2v) is 4.72. The average molecular weight is 227 g/mol. The van der Waals surface area contributed by atoms with Crippen molar-refractivity contribution >= 4 is 5.78 Å². The van der Waals surface area contributed by atoms with E-state index in [0.29, 0.717) is 18.2 Å². The zero-order valence-electron chi connectivity index (χ0n) is 11.3. The van der Waals surface area contributed by atoms with Crippen LogP contribution in [-0.4, -0.2) is 18.4 Å². The van der Waals surface area contributed by atoms with Gasteiger partial charge in [-0.3, -0.25) is 4.79 Å². The molecule has 0 spiro atoms. The van der Waals surface area contributed by atoms with Gasteiger partial charge in [-0.2, -0.15) is 0 Å². The second kappa shape index (κ2) is 11.1. The monoisotopic (exact) mass is 227 g/mol. The third-order valence-corrected chi connectivity index (χ3v) is 2.90. The zero-order chi connectivity index (χ0) is 12.2. The van der Waals surface area contributed by atoms with Crippen molar-refractivity contribution < 1.29 is 4.79 Å². The maximum absolute atomic E-state index is 11.6. The lowest BCUT2D eigenvalue weighted by molar-refractivity contribution is -0.119. The van der Waals surface area contributed by atoms with Gasteiger partial charge in [-0.15, -0.1) is 0 Å². The van der Waals surface area contributed by atoms with Crippen molar-refractivity contribution in [2.24, 2.45) is 0 Å². The largest absolute Gasteiger partial charge is 0.314 e. The van der Waals surface area contributed by atoms with Gasteiger partial charge >= 0.3 is 0 Å². The van der Waals surface area contributed by atoms with E-state index in [2.05, 4.69) is 26.1 Å². The highest BCUT2D eigenvalue weighted by Gasteiger charge is 2.07. The molecule has 1 atom stereocenters. The maximum atomic E-state index is 11.6. The normalized spacial score (nSPS) is 12.7. The van der Waals surface area contributed by atoms with Crippen LogP contribution in [0.4, 0.5) is 0 Å². The summed E-state index contributed by atoms with van der Waals surface area (Å²) in [7, 11) is 0. The van der Waals surface area contributed by atoms with Gasteiger partial charge in [0.15, 0.2) is 0 Å². The van der Waals surface area contributed by atoms with Crippen LogP contribution in [0.25, 0.3) is 0 Å². The summed E-state index contributed by atoms with van der Waals surface area (Å²) in [6.07, 6.45) is 9.04. The number of unbranched alkanes of at least 4 members (excludes halogenated alkanes) is 5. The Morgan fingerprint density at radius 1 is 1.06 bits per heavy atom. The molecule has 0 rings (SSSR count). The molecular weight excluding hydrogens is 198 g/mol. The fraction of sp³-hybridized carbons (Fsp3) is 0.929. The number of ketones is 1. The molecule has 16 heavy (non-hydrogen) atoms. The van der Waals surface area contributed by atoms with E-state index in [1.807, 2.05) is 0 Å². The summed E-state index contributed by atoms with van der Waals surface area (Å²) in [4.78, 5) is 11.6. The Morgan fingerprint density at radius 3 is 2.31 bits per heavy atom. The van der Waals surface area contributed by atoms with Crippen LogP contribution >= 0.6 is 0 Å². The molecule has 0 aliphatic rings. The van der Waals surface area contributed by atoms with Gasteiger partial charge in [0.2, 0.25) is 0 Å². The van der Waals surface area contributed by atoms with E-state index in [9.17, 15) is 4.79 Å². The van der Waals surface area contributed by atoms with E-state index in [1.165, 1.54) is 32.1 Å². The molecule has 1 unspecified atom stereocenters. The maximum Gasteiger partial charge on any atom is 0.134 e. The molecule has 0 bridgehead atoms. The Labute approximate surface area is 101 Å². The molecular formula is C14H29NO. The van der Waals surface area contributed by atoms with E-state index in [4.69, 9.17) is 0 Å². The smallest absolute Gasteiger partial charge is 0.134 e. The van der Waals surface area contributed by atoms with E-state index in [-0.39, 0.29) is 0 Å². The number of carbonyl (C=O) groups is 1. The van der Waals surface area contributed by atoms with Crippen molar-refractivity contribution in [3.8, 4) is 0 Å². The molecule has 0 aromatic rings. The Bertz CT molecular complexity index is 168. The minimum atomic E-state index is 0.345. The minimum Gasteiger partial charge on any atom is -0.314 e. The van der Waals surface area contributed by atoms with Gasteiger partial charge in [0, 0.05) is 18.9 Å². The number of carbonyl (C=O) groups excluding carboxylic acids is 1. The highest BCUT2D eigenvalue weighted by Crippen LogP contribution is 2.08. The van der Waals surface area contributed by atoms with Crippen LogP contribution < -0.4 is 5.32 Å². The van der Waals surface area contributed by atoms with Crippen LogP contribution in [0.2, 0.25) is 0 Å². The predicted octanol–water partition coefficient (Wildman–Crippen LogP) is 3.69. The molecule has 0 aromatic carbocycles. The van der Waals surface area contributed by atoms with Crippen molar-refractivity contribution in [2.75, 3.05) is 6.54 Å². The molecule has 0 saturated carbocycles. The number of nitrogens with one attached hydrogen (secondary N) is 1. The molecule has 96 valence electrons. The molecule has 0 aromatic heterocycles. The summed E-state index contributed by atoms with van der Waals surface area (Å²) in [5, 5.41) is 3.27. The number of hydrogen-bond donors (Lipinski definition) is 1. The zero-order valence-corrected chi connectivity index (χ0v) is 11.3. The SMILES string of the molecule is CCCCCCCCC(=O)CC(C)NCC. The van der Waals surface area contributed by atoms with Crippen LogP contribution in [0, 0.1) is 0 Å². The van der Waals surface area contributed by atoms with Crippen LogP contribution in [0.1, 0.15) is 72.1 Å². The second-order valence-electron chi connectivity index (χ2n) is 4.72. The topological polar surface area (TPSA) is 29.1 Å². The van der Waals surface area contributed by atoms with E-state index in [1.54, 1.807) is 0 Å². The van der Waals surface area contributed by atoms with Crippen molar-refractivity contribution in [3.05, 3.63) is 0 Å². The average Bonchev–Trinajstić information content (AvgIpc) is 2.23. The molecule has 1 N–H and O–H groups in total. The van der Waals surface area contributed by atoms with Crippen molar-refractivity contribution in [2.45, 2.75) is 78.2 Å². The first-order valence-corrected chi connectivity index (χ1v) is 6.95. The summed E-state index contributed by atoms with van der Waals surface area (Å²) < 4.78 is 0. The summed E-state index contributed by atoms with van der Waals surface area (Å²) in [6.45, 7) is 7.34. The van der Waals surface area contributed by atoms with Gasteiger partial charge in [0.05, 0.1) is 0 Å². The highest BCUT2D eigenvalue weighted by molar-refractivity contribution is 5.78. The fourth-order valence-electron chi connectivity index (χ4n) is 1.97. The van der Waals surface area contributed by atoms with Crippen molar-refractivity contribution in [1.29, 1.82) is 0 Å². The minimum absolute atomic E-state index is 0.345. The molecule has 2 heteroatoms. The summed E-state index contributed by atoms with van der Waals surface area (Å²) in [5.41, 5.74) is 0.